The van der Waals surface area contributed by atoms with Crippen molar-refractivity contribution in [1.29, 1.82) is 0 Å². The Morgan fingerprint density at radius 2 is 2.07 bits per heavy atom. The Bertz CT molecular complexity index is 971. The van der Waals surface area contributed by atoms with E-state index >= 15 is 0 Å². The lowest BCUT2D eigenvalue weighted by atomic mass is 9.94. The van der Waals surface area contributed by atoms with Crippen LogP contribution in [0.25, 0.3) is 6.08 Å². The Hall–Kier alpha value is -3.28. The quantitative estimate of drug-likeness (QED) is 0.783. The molecular formula is C21H20O6. The second kappa shape index (κ2) is 7.15. The van der Waals surface area contributed by atoms with Crippen LogP contribution >= 0.6 is 0 Å². The van der Waals surface area contributed by atoms with Crippen molar-refractivity contribution in [2.75, 3.05) is 7.11 Å². The number of fused-ring (bicyclic) bond motifs is 1. The van der Waals surface area contributed by atoms with Crippen molar-refractivity contribution in [1.82, 2.24) is 0 Å². The minimum Gasteiger partial charge on any atom is -0.507 e. The predicted octanol–water partition coefficient (Wildman–Crippen LogP) is 3.64. The fourth-order valence-electron chi connectivity index (χ4n) is 3.41. The molecule has 0 aliphatic carbocycles. The molecule has 6 nitrogen and oxygen atoms in total. The number of methoxy groups -OCH3 is 1. The summed E-state index contributed by atoms with van der Waals surface area (Å²) in [5.74, 6) is -1.21. The number of benzene rings is 2. The van der Waals surface area contributed by atoms with E-state index in [1.807, 2.05) is 19.9 Å². The first-order valence-corrected chi connectivity index (χ1v) is 8.44. The lowest BCUT2D eigenvalue weighted by molar-refractivity contribution is 0.0532. The van der Waals surface area contributed by atoms with Crippen molar-refractivity contribution in [3.8, 4) is 11.5 Å². The number of hydrogen-bond acceptors (Lipinski definition) is 5. The van der Waals surface area contributed by atoms with Crippen molar-refractivity contribution in [3.05, 3.63) is 63.2 Å². The smallest absolute Gasteiger partial charge is 0.342 e. The molecule has 1 heterocycles. The number of carbonyl (C=O) groups is 2. The highest BCUT2D eigenvalue weighted by Gasteiger charge is 2.31. The minimum atomic E-state index is -1.00. The van der Waals surface area contributed by atoms with Gasteiger partial charge in [0.2, 0.25) is 0 Å². The summed E-state index contributed by atoms with van der Waals surface area (Å²) in [6, 6.07) is 5.07. The summed E-state index contributed by atoms with van der Waals surface area (Å²) in [4.78, 5) is 23.4. The number of phenolic OH excluding ortho intramolecular Hbond substituents is 1. The molecule has 0 unspecified atom stereocenters. The molecule has 140 valence electrons. The number of rotatable bonds is 5. The van der Waals surface area contributed by atoms with Crippen LogP contribution in [-0.4, -0.2) is 29.3 Å². The molecule has 0 fully saturated rings. The normalized spacial score (nSPS) is 12.9. The number of aryl methyl sites for hydroxylation is 1. The molecule has 0 atom stereocenters. The zero-order valence-electron chi connectivity index (χ0n) is 15.3. The van der Waals surface area contributed by atoms with Crippen LogP contribution in [0.15, 0.2) is 24.3 Å². The molecule has 3 rings (SSSR count). The lowest BCUT2D eigenvalue weighted by Crippen LogP contribution is -2.03. The molecule has 2 aromatic carbocycles. The van der Waals surface area contributed by atoms with Crippen molar-refractivity contribution >= 4 is 18.0 Å². The number of aromatic carboxylic acids is 1. The largest absolute Gasteiger partial charge is 0.507 e. The highest BCUT2D eigenvalue weighted by molar-refractivity contribution is 5.98. The molecule has 0 aromatic heterocycles. The Morgan fingerprint density at radius 3 is 2.74 bits per heavy atom. The number of aromatic hydroxyl groups is 1. The number of esters is 1. The van der Waals surface area contributed by atoms with Gasteiger partial charge >= 0.3 is 11.9 Å². The van der Waals surface area contributed by atoms with Gasteiger partial charge in [-0.1, -0.05) is 24.3 Å². The van der Waals surface area contributed by atoms with Gasteiger partial charge in [-0.2, -0.15) is 0 Å². The van der Waals surface area contributed by atoms with Gasteiger partial charge in [-0.15, -0.1) is 0 Å². The van der Waals surface area contributed by atoms with E-state index in [1.165, 1.54) is 7.11 Å². The Labute approximate surface area is 156 Å². The van der Waals surface area contributed by atoms with Crippen LogP contribution in [0.1, 0.15) is 48.5 Å². The number of phenols is 1. The van der Waals surface area contributed by atoms with E-state index in [0.717, 1.165) is 11.1 Å². The van der Waals surface area contributed by atoms with Gasteiger partial charge in [-0.3, -0.25) is 0 Å². The highest BCUT2D eigenvalue weighted by Crippen LogP contribution is 2.41. The first-order chi connectivity index (χ1) is 12.9. The van der Waals surface area contributed by atoms with E-state index in [9.17, 15) is 19.8 Å². The highest BCUT2D eigenvalue weighted by atomic mass is 16.5. The molecule has 1 aliphatic heterocycles. The standard InChI is InChI=1S/C21H20O6/c1-11-6-4-8-14(20(23)24)13(11)7-5-9-15-18(22)17-16(10-27-21(17)25)12(2)19(15)26-3/h4-8,22H,9-10H2,1-3H3,(H,23,24). The van der Waals surface area contributed by atoms with Crippen LogP contribution in [0.5, 0.6) is 11.5 Å². The zero-order chi connectivity index (χ0) is 19.7. The third-order valence-electron chi connectivity index (χ3n) is 4.81. The molecule has 0 saturated heterocycles. The number of carbonyl (C=O) groups excluding carboxylic acids is 1. The second-order valence-corrected chi connectivity index (χ2v) is 6.36. The summed E-state index contributed by atoms with van der Waals surface area (Å²) >= 11 is 0. The lowest BCUT2D eigenvalue weighted by Gasteiger charge is -2.15. The zero-order valence-corrected chi connectivity index (χ0v) is 15.3. The number of ether oxygens (including phenoxy) is 2. The minimum absolute atomic E-state index is 0.116. The first kappa shape index (κ1) is 18.5. The molecule has 0 amide bonds. The van der Waals surface area contributed by atoms with Gasteiger partial charge in [0.05, 0.1) is 12.7 Å². The van der Waals surface area contributed by atoms with Gasteiger partial charge in [-0.05, 0) is 43.0 Å². The van der Waals surface area contributed by atoms with E-state index in [-0.39, 0.29) is 29.9 Å². The number of cyclic esters (lactones) is 1. The first-order valence-electron chi connectivity index (χ1n) is 8.44. The molecular weight excluding hydrogens is 348 g/mol. The van der Waals surface area contributed by atoms with Crippen LogP contribution in [0, 0.1) is 13.8 Å². The molecule has 6 heteroatoms. The average Bonchev–Trinajstić information content (AvgIpc) is 3.02. The topological polar surface area (TPSA) is 93.1 Å². The third kappa shape index (κ3) is 3.14. The summed E-state index contributed by atoms with van der Waals surface area (Å²) in [5, 5.41) is 20.0. The van der Waals surface area contributed by atoms with Gasteiger partial charge in [-0.25, -0.2) is 9.59 Å². The summed E-state index contributed by atoms with van der Waals surface area (Å²) in [5.41, 5.74) is 3.66. The molecule has 0 spiro atoms. The Morgan fingerprint density at radius 1 is 1.33 bits per heavy atom. The van der Waals surface area contributed by atoms with Crippen molar-refractivity contribution in [2.24, 2.45) is 0 Å². The van der Waals surface area contributed by atoms with Crippen LogP contribution in [0.2, 0.25) is 0 Å². The molecule has 0 saturated carbocycles. The number of carboxylic acids is 1. The maximum Gasteiger partial charge on any atom is 0.342 e. The summed E-state index contributed by atoms with van der Waals surface area (Å²) in [7, 11) is 1.50. The average molecular weight is 368 g/mol. The van der Waals surface area contributed by atoms with E-state index in [0.29, 0.717) is 22.4 Å². The van der Waals surface area contributed by atoms with Gasteiger partial charge in [0.25, 0.3) is 0 Å². The van der Waals surface area contributed by atoms with Crippen molar-refractivity contribution < 1.29 is 29.3 Å². The van der Waals surface area contributed by atoms with Crippen LogP contribution < -0.4 is 4.74 Å². The fraction of sp³-hybridized carbons (Fsp3) is 0.238. The molecule has 2 N–H and O–H groups in total. The van der Waals surface area contributed by atoms with Gasteiger partial charge < -0.3 is 19.7 Å². The monoisotopic (exact) mass is 368 g/mol. The molecule has 0 radical (unpaired) electrons. The van der Waals surface area contributed by atoms with Gasteiger partial charge in [0.15, 0.2) is 0 Å². The van der Waals surface area contributed by atoms with Crippen LogP contribution in [0.3, 0.4) is 0 Å². The van der Waals surface area contributed by atoms with E-state index in [2.05, 4.69) is 0 Å². The van der Waals surface area contributed by atoms with E-state index in [4.69, 9.17) is 9.47 Å². The van der Waals surface area contributed by atoms with Crippen molar-refractivity contribution in [3.63, 3.8) is 0 Å². The summed E-state index contributed by atoms with van der Waals surface area (Å²) in [6.07, 6.45) is 3.72. The predicted molar refractivity (Wildman–Crippen MR) is 99.4 cm³/mol. The van der Waals surface area contributed by atoms with E-state index < -0.39 is 11.9 Å². The fourth-order valence-corrected chi connectivity index (χ4v) is 3.41. The number of allylic oxidation sites excluding steroid dienone is 1. The number of carboxylic acid groups (broad SMARTS) is 1. The number of hydrogen-bond donors (Lipinski definition) is 2. The Kier molecular flexibility index (Phi) is 4.90. The third-order valence-corrected chi connectivity index (χ3v) is 4.81. The summed E-state index contributed by atoms with van der Waals surface area (Å²) in [6.45, 7) is 3.76. The summed E-state index contributed by atoms with van der Waals surface area (Å²) < 4.78 is 10.5. The van der Waals surface area contributed by atoms with Crippen molar-refractivity contribution in [2.45, 2.75) is 26.9 Å². The second-order valence-electron chi connectivity index (χ2n) is 6.36. The maximum absolute atomic E-state index is 11.9. The molecule has 27 heavy (non-hydrogen) atoms. The van der Waals surface area contributed by atoms with Gasteiger partial charge in [0.1, 0.15) is 23.7 Å². The maximum atomic E-state index is 11.9. The van der Waals surface area contributed by atoms with E-state index in [1.54, 1.807) is 24.3 Å². The molecule has 2 aromatic rings. The van der Waals surface area contributed by atoms with Crippen LogP contribution in [0.4, 0.5) is 0 Å². The van der Waals surface area contributed by atoms with Crippen LogP contribution in [-0.2, 0) is 17.8 Å². The van der Waals surface area contributed by atoms with Gasteiger partial charge in [0, 0.05) is 11.1 Å². The SMILES string of the molecule is COc1c(C)c2c(c(O)c1CC=Cc1c(C)cccc1C(=O)O)C(=O)OC2. The molecule has 0 bridgehead atoms. The Balaban J connectivity index is 2.02. The molecule has 1 aliphatic rings.